The summed E-state index contributed by atoms with van der Waals surface area (Å²) in [6.07, 6.45) is 5.77. The van der Waals surface area contributed by atoms with Crippen molar-refractivity contribution in [3.8, 4) is 0 Å². The highest BCUT2D eigenvalue weighted by atomic mass is 16.4. The number of aliphatic carboxylic acids is 1. The number of carbonyl (C=O) groups is 1. The van der Waals surface area contributed by atoms with Crippen LogP contribution in [0.15, 0.2) is 0 Å². The van der Waals surface area contributed by atoms with Gasteiger partial charge in [0.1, 0.15) is 0 Å². The minimum absolute atomic E-state index is 0.367. The number of carboxylic acid groups (broad SMARTS) is 1. The van der Waals surface area contributed by atoms with Crippen molar-refractivity contribution in [2.24, 2.45) is 17.3 Å². The van der Waals surface area contributed by atoms with Crippen LogP contribution in [0.3, 0.4) is 0 Å². The molecule has 2 aliphatic rings. The van der Waals surface area contributed by atoms with Crippen LogP contribution in [-0.2, 0) is 4.79 Å². The zero-order chi connectivity index (χ0) is 8.77. The van der Waals surface area contributed by atoms with Gasteiger partial charge in [-0.05, 0) is 36.5 Å². The van der Waals surface area contributed by atoms with E-state index < -0.39 is 5.97 Å². The van der Waals surface area contributed by atoms with E-state index >= 15 is 0 Å². The molecule has 2 rings (SSSR count). The lowest BCUT2D eigenvalue weighted by molar-refractivity contribution is -0.138. The van der Waals surface area contributed by atoms with Crippen LogP contribution in [0.1, 0.15) is 39.0 Å². The quantitative estimate of drug-likeness (QED) is 0.702. The van der Waals surface area contributed by atoms with Crippen LogP contribution in [0.4, 0.5) is 0 Å². The summed E-state index contributed by atoms with van der Waals surface area (Å²) in [5.41, 5.74) is 0.634. The van der Waals surface area contributed by atoms with Gasteiger partial charge in [0.05, 0.1) is 0 Å². The first kappa shape index (κ1) is 8.09. The highest BCUT2D eigenvalue weighted by Crippen LogP contribution is 2.68. The molecule has 0 amide bonds. The third-order valence-electron chi connectivity index (χ3n) is 3.79. The Morgan fingerprint density at radius 2 is 2.33 bits per heavy atom. The Bertz CT molecular complexity index is 206. The number of carboxylic acids is 1. The molecule has 0 aromatic rings. The van der Waals surface area contributed by atoms with Gasteiger partial charge in [-0.25, -0.2) is 0 Å². The van der Waals surface area contributed by atoms with E-state index in [2.05, 4.69) is 6.92 Å². The van der Waals surface area contributed by atoms with Crippen LogP contribution in [0.25, 0.3) is 0 Å². The molecule has 1 N–H and O–H groups in total. The number of rotatable bonds is 3. The Kier molecular flexibility index (Phi) is 1.67. The number of hydrogen-bond donors (Lipinski definition) is 1. The van der Waals surface area contributed by atoms with Gasteiger partial charge >= 0.3 is 5.97 Å². The summed E-state index contributed by atoms with van der Waals surface area (Å²) in [4.78, 5) is 10.5. The van der Waals surface area contributed by atoms with Gasteiger partial charge in [-0.1, -0.05) is 13.3 Å². The Morgan fingerprint density at radius 3 is 2.67 bits per heavy atom. The molecule has 2 fully saturated rings. The van der Waals surface area contributed by atoms with Crippen molar-refractivity contribution in [1.29, 1.82) is 0 Å². The molecule has 0 bridgehead atoms. The first-order chi connectivity index (χ1) is 5.64. The van der Waals surface area contributed by atoms with Gasteiger partial charge in [-0.3, -0.25) is 4.79 Å². The van der Waals surface area contributed by atoms with E-state index in [1.807, 2.05) is 0 Å². The summed E-state index contributed by atoms with van der Waals surface area (Å²) in [5, 5.41) is 8.62. The van der Waals surface area contributed by atoms with Crippen molar-refractivity contribution in [3.63, 3.8) is 0 Å². The summed E-state index contributed by atoms with van der Waals surface area (Å²) < 4.78 is 0. The molecule has 2 atom stereocenters. The smallest absolute Gasteiger partial charge is 0.303 e. The molecule has 0 aromatic carbocycles. The first-order valence-corrected chi connectivity index (χ1v) is 4.86. The normalized spacial score (nSPS) is 32.6. The van der Waals surface area contributed by atoms with E-state index in [-0.39, 0.29) is 0 Å². The standard InChI is InChI=1S/C10H16O2/c1-7(5-9(11)12)8-6-10(8)3-2-4-10/h7-8H,2-6H2,1H3,(H,11,12). The second-order valence-electron chi connectivity index (χ2n) is 4.60. The number of hydrogen-bond acceptors (Lipinski definition) is 1. The largest absolute Gasteiger partial charge is 0.481 e. The van der Waals surface area contributed by atoms with Crippen LogP contribution in [0.2, 0.25) is 0 Å². The van der Waals surface area contributed by atoms with Gasteiger partial charge in [0.2, 0.25) is 0 Å². The van der Waals surface area contributed by atoms with E-state index in [9.17, 15) is 4.79 Å². The van der Waals surface area contributed by atoms with Crippen LogP contribution in [0.5, 0.6) is 0 Å². The van der Waals surface area contributed by atoms with E-state index in [0.29, 0.717) is 17.8 Å². The zero-order valence-corrected chi connectivity index (χ0v) is 7.55. The predicted molar refractivity (Wildman–Crippen MR) is 45.8 cm³/mol. The summed E-state index contributed by atoms with van der Waals surface area (Å²) in [6.45, 7) is 2.09. The molecule has 2 unspecified atom stereocenters. The molecule has 1 spiro atoms. The van der Waals surface area contributed by atoms with Gasteiger partial charge in [-0.15, -0.1) is 0 Å². The minimum Gasteiger partial charge on any atom is -0.481 e. The molecule has 68 valence electrons. The lowest BCUT2D eigenvalue weighted by Crippen LogP contribution is -2.18. The average molecular weight is 168 g/mol. The van der Waals surface area contributed by atoms with Crippen molar-refractivity contribution in [1.82, 2.24) is 0 Å². The highest BCUT2D eigenvalue weighted by molar-refractivity contribution is 5.67. The molecule has 0 aromatic heterocycles. The average Bonchev–Trinajstić information content (AvgIpc) is 2.56. The molecule has 12 heavy (non-hydrogen) atoms. The van der Waals surface area contributed by atoms with Gasteiger partial charge in [0.25, 0.3) is 0 Å². The lowest BCUT2D eigenvalue weighted by Gasteiger charge is -2.28. The van der Waals surface area contributed by atoms with Crippen molar-refractivity contribution in [2.45, 2.75) is 39.0 Å². The zero-order valence-electron chi connectivity index (χ0n) is 7.55. The molecule has 2 aliphatic carbocycles. The van der Waals surface area contributed by atoms with Crippen molar-refractivity contribution < 1.29 is 9.90 Å². The van der Waals surface area contributed by atoms with Gasteiger partial charge in [0.15, 0.2) is 0 Å². The molecule has 2 nitrogen and oxygen atoms in total. The fourth-order valence-corrected chi connectivity index (χ4v) is 2.81. The minimum atomic E-state index is -0.635. The Morgan fingerprint density at radius 1 is 1.67 bits per heavy atom. The lowest BCUT2D eigenvalue weighted by atomic mass is 9.77. The monoisotopic (exact) mass is 168 g/mol. The summed E-state index contributed by atoms with van der Waals surface area (Å²) >= 11 is 0. The maximum atomic E-state index is 10.5. The van der Waals surface area contributed by atoms with E-state index in [0.717, 1.165) is 5.92 Å². The van der Waals surface area contributed by atoms with Crippen LogP contribution in [-0.4, -0.2) is 11.1 Å². The molecule has 0 saturated heterocycles. The highest BCUT2D eigenvalue weighted by Gasteiger charge is 2.58. The fourth-order valence-electron chi connectivity index (χ4n) is 2.81. The predicted octanol–water partition coefficient (Wildman–Crippen LogP) is 2.29. The van der Waals surface area contributed by atoms with Crippen LogP contribution in [0, 0.1) is 17.3 Å². The van der Waals surface area contributed by atoms with Crippen molar-refractivity contribution >= 4 is 5.97 Å². The third-order valence-corrected chi connectivity index (χ3v) is 3.79. The van der Waals surface area contributed by atoms with Gasteiger partial charge in [0, 0.05) is 6.42 Å². The van der Waals surface area contributed by atoms with E-state index in [1.54, 1.807) is 0 Å². The van der Waals surface area contributed by atoms with E-state index in [1.165, 1.54) is 25.7 Å². The molecule has 0 aliphatic heterocycles. The van der Waals surface area contributed by atoms with E-state index in [4.69, 9.17) is 5.11 Å². The Labute approximate surface area is 73.0 Å². The van der Waals surface area contributed by atoms with Crippen LogP contribution < -0.4 is 0 Å². The third kappa shape index (κ3) is 1.13. The maximum Gasteiger partial charge on any atom is 0.303 e. The molecular weight excluding hydrogens is 152 g/mol. The first-order valence-electron chi connectivity index (χ1n) is 4.86. The molecular formula is C10H16O2. The van der Waals surface area contributed by atoms with Crippen LogP contribution >= 0.6 is 0 Å². The fraction of sp³-hybridized carbons (Fsp3) is 0.900. The SMILES string of the molecule is CC(CC(=O)O)C1CC12CCC2. The second-order valence-corrected chi connectivity index (χ2v) is 4.60. The molecule has 2 saturated carbocycles. The summed E-state index contributed by atoms with van der Waals surface area (Å²) in [5.74, 6) is 0.508. The Hall–Kier alpha value is -0.530. The topological polar surface area (TPSA) is 37.3 Å². The summed E-state index contributed by atoms with van der Waals surface area (Å²) in [6, 6.07) is 0. The molecule has 0 heterocycles. The van der Waals surface area contributed by atoms with Gasteiger partial charge in [-0.2, -0.15) is 0 Å². The maximum absolute atomic E-state index is 10.5. The van der Waals surface area contributed by atoms with Gasteiger partial charge < -0.3 is 5.11 Å². The molecule has 0 radical (unpaired) electrons. The second kappa shape index (κ2) is 2.48. The Balaban J connectivity index is 1.83. The summed E-state index contributed by atoms with van der Waals surface area (Å²) in [7, 11) is 0. The molecule has 2 heteroatoms. The van der Waals surface area contributed by atoms with Crippen molar-refractivity contribution in [3.05, 3.63) is 0 Å². The van der Waals surface area contributed by atoms with Crippen molar-refractivity contribution in [2.75, 3.05) is 0 Å².